The van der Waals surface area contributed by atoms with Crippen LogP contribution in [0.2, 0.25) is 0 Å². The van der Waals surface area contributed by atoms with Crippen LogP contribution in [0.4, 0.5) is 34.5 Å². The van der Waals surface area contributed by atoms with Crippen molar-refractivity contribution in [2.45, 2.75) is 13.8 Å². The Morgan fingerprint density at radius 2 is 1.61 bits per heavy atom. The van der Waals surface area contributed by atoms with Crippen molar-refractivity contribution in [3.05, 3.63) is 60.3 Å². The summed E-state index contributed by atoms with van der Waals surface area (Å²) in [6.07, 6.45) is 0. The zero-order chi connectivity index (χ0) is 20.1. The van der Waals surface area contributed by atoms with E-state index in [1.807, 2.05) is 80.5 Å². The summed E-state index contributed by atoms with van der Waals surface area (Å²) in [4.78, 5) is 22.3. The highest BCUT2D eigenvalue weighted by atomic mass is 16.1. The fourth-order valence-electron chi connectivity index (χ4n) is 2.69. The maximum absolute atomic E-state index is 11.2. The third-order valence-corrected chi connectivity index (χ3v) is 3.95. The Hall–Kier alpha value is -3.61. The summed E-state index contributed by atoms with van der Waals surface area (Å²) >= 11 is 0. The second kappa shape index (κ2) is 8.39. The molecule has 0 spiro atoms. The second-order valence-electron chi connectivity index (χ2n) is 6.67. The summed E-state index contributed by atoms with van der Waals surface area (Å²) in [5.41, 5.74) is 4.42. The Balaban J connectivity index is 1.77. The third kappa shape index (κ3) is 5.20. The number of anilines is 6. The van der Waals surface area contributed by atoms with E-state index in [0.29, 0.717) is 11.8 Å². The SMILES string of the molecule is CC(=O)Nc1cccc(Nc2cc(C)nc(Nc3ccc(N(C)C)cc3)n2)c1. The van der Waals surface area contributed by atoms with Gasteiger partial charge in [-0.25, -0.2) is 4.98 Å². The number of aromatic nitrogens is 2. The van der Waals surface area contributed by atoms with Crippen molar-refractivity contribution in [1.29, 1.82) is 0 Å². The maximum atomic E-state index is 11.2. The van der Waals surface area contributed by atoms with Crippen molar-refractivity contribution in [3.8, 4) is 0 Å². The lowest BCUT2D eigenvalue weighted by Crippen LogP contribution is -2.08. The van der Waals surface area contributed by atoms with E-state index >= 15 is 0 Å². The average molecular weight is 376 g/mol. The van der Waals surface area contributed by atoms with Gasteiger partial charge in [0.1, 0.15) is 5.82 Å². The molecule has 2 aromatic carbocycles. The molecule has 0 atom stereocenters. The maximum Gasteiger partial charge on any atom is 0.229 e. The minimum atomic E-state index is -0.109. The fraction of sp³-hybridized carbons (Fsp3) is 0.190. The predicted molar refractivity (Wildman–Crippen MR) is 115 cm³/mol. The second-order valence-corrected chi connectivity index (χ2v) is 6.67. The molecular weight excluding hydrogens is 352 g/mol. The highest BCUT2D eigenvalue weighted by molar-refractivity contribution is 5.89. The van der Waals surface area contributed by atoms with E-state index in [0.717, 1.165) is 28.4 Å². The van der Waals surface area contributed by atoms with Crippen LogP contribution < -0.4 is 20.9 Å². The number of amides is 1. The monoisotopic (exact) mass is 376 g/mol. The van der Waals surface area contributed by atoms with Crippen LogP contribution in [-0.4, -0.2) is 30.0 Å². The van der Waals surface area contributed by atoms with Crippen molar-refractivity contribution in [3.63, 3.8) is 0 Å². The molecule has 1 heterocycles. The number of rotatable bonds is 6. The first-order valence-corrected chi connectivity index (χ1v) is 8.94. The van der Waals surface area contributed by atoms with E-state index < -0.39 is 0 Å². The van der Waals surface area contributed by atoms with E-state index in [9.17, 15) is 4.79 Å². The highest BCUT2D eigenvalue weighted by Crippen LogP contribution is 2.22. The largest absolute Gasteiger partial charge is 0.378 e. The molecule has 1 amide bonds. The zero-order valence-electron chi connectivity index (χ0n) is 16.4. The van der Waals surface area contributed by atoms with Gasteiger partial charge in [0.05, 0.1) is 0 Å². The normalized spacial score (nSPS) is 10.3. The molecule has 7 heteroatoms. The van der Waals surface area contributed by atoms with E-state index in [2.05, 4.69) is 25.9 Å². The average Bonchev–Trinajstić information content (AvgIpc) is 2.61. The summed E-state index contributed by atoms with van der Waals surface area (Å²) in [5.74, 6) is 1.07. The Kier molecular flexibility index (Phi) is 5.74. The molecule has 0 aliphatic carbocycles. The van der Waals surface area contributed by atoms with Gasteiger partial charge in [-0.2, -0.15) is 4.98 Å². The summed E-state index contributed by atoms with van der Waals surface area (Å²) in [6, 6.07) is 17.4. The van der Waals surface area contributed by atoms with Crippen LogP contribution in [0, 0.1) is 6.92 Å². The molecule has 0 unspecified atom stereocenters. The molecule has 3 aromatic rings. The van der Waals surface area contributed by atoms with Gasteiger partial charge in [-0.1, -0.05) is 6.07 Å². The first-order chi connectivity index (χ1) is 13.4. The first-order valence-electron chi connectivity index (χ1n) is 8.94. The number of carbonyl (C=O) groups excluding carboxylic acids is 1. The molecule has 144 valence electrons. The first kappa shape index (κ1) is 19.2. The number of benzene rings is 2. The quantitative estimate of drug-likeness (QED) is 0.595. The van der Waals surface area contributed by atoms with E-state index in [4.69, 9.17) is 0 Å². The molecule has 0 fully saturated rings. The van der Waals surface area contributed by atoms with Gasteiger partial charge in [-0.3, -0.25) is 4.79 Å². The van der Waals surface area contributed by atoms with E-state index in [-0.39, 0.29) is 5.91 Å². The molecule has 0 bridgehead atoms. The van der Waals surface area contributed by atoms with Gasteiger partial charge in [-0.15, -0.1) is 0 Å². The number of aryl methyl sites for hydroxylation is 1. The van der Waals surface area contributed by atoms with Crippen molar-refractivity contribution in [1.82, 2.24) is 9.97 Å². The Labute approximate surface area is 164 Å². The molecule has 0 aliphatic heterocycles. The van der Waals surface area contributed by atoms with Crippen molar-refractivity contribution in [2.24, 2.45) is 0 Å². The van der Waals surface area contributed by atoms with Crippen LogP contribution in [0.5, 0.6) is 0 Å². The predicted octanol–water partition coefficient (Wildman–Crippen LogP) is 4.30. The number of hydrogen-bond acceptors (Lipinski definition) is 6. The standard InChI is InChI=1S/C21H24N6O/c1-14-12-20(24-18-7-5-6-17(13-18)23-15(2)28)26-21(22-14)25-16-8-10-19(11-9-16)27(3)4/h5-13H,1-4H3,(H,23,28)(H2,22,24,25,26). The molecule has 3 N–H and O–H groups in total. The van der Waals surface area contributed by atoms with Crippen LogP contribution in [0.15, 0.2) is 54.6 Å². The van der Waals surface area contributed by atoms with Crippen LogP contribution in [0.3, 0.4) is 0 Å². The summed E-state index contributed by atoms with van der Waals surface area (Å²) < 4.78 is 0. The third-order valence-electron chi connectivity index (χ3n) is 3.95. The van der Waals surface area contributed by atoms with Gasteiger partial charge in [-0.05, 0) is 49.4 Å². The zero-order valence-corrected chi connectivity index (χ0v) is 16.4. The molecule has 7 nitrogen and oxygen atoms in total. The fourth-order valence-corrected chi connectivity index (χ4v) is 2.69. The lowest BCUT2D eigenvalue weighted by molar-refractivity contribution is -0.114. The summed E-state index contributed by atoms with van der Waals surface area (Å²) in [6.45, 7) is 3.40. The smallest absolute Gasteiger partial charge is 0.229 e. The summed E-state index contributed by atoms with van der Waals surface area (Å²) in [7, 11) is 4.01. The summed E-state index contributed by atoms with van der Waals surface area (Å²) in [5, 5.41) is 9.27. The Morgan fingerprint density at radius 1 is 0.893 bits per heavy atom. The Bertz CT molecular complexity index is 969. The lowest BCUT2D eigenvalue weighted by atomic mass is 10.2. The van der Waals surface area contributed by atoms with Crippen molar-refractivity contribution >= 4 is 40.4 Å². The van der Waals surface area contributed by atoms with Crippen LogP contribution in [0.25, 0.3) is 0 Å². The molecule has 0 aliphatic rings. The van der Waals surface area contributed by atoms with Crippen LogP contribution in [0.1, 0.15) is 12.6 Å². The molecule has 28 heavy (non-hydrogen) atoms. The Morgan fingerprint density at radius 3 is 2.29 bits per heavy atom. The van der Waals surface area contributed by atoms with E-state index in [1.165, 1.54) is 6.92 Å². The van der Waals surface area contributed by atoms with Crippen molar-refractivity contribution < 1.29 is 4.79 Å². The van der Waals surface area contributed by atoms with Gasteiger partial charge in [0, 0.05) is 55.5 Å². The molecule has 0 saturated heterocycles. The highest BCUT2D eigenvalue weighted by Gasteiger charge is 2.05. The molecule has 3 rings (SSSR count). The van der Waals surface area contributed by atoms with Gasteiger partial charge in [0.25, 0.3) is 0 Å². The minimum absolute atomic E-state index is 0.109. The minimum Gasteiger partial charge on any atom is -0.378 e. The van der Waals surface area contributed by atoms with E-state index in [1.54, 1.807) is 0 Å². The van der Waals surface area contributed by atoms with Crippen molar-refractivity contribution in [2.75, 3.05) is 34.9 Å². The number of carbonyl (C=O) groups is 1. The van der Waals surface area contributed by atoms with Gasteiger partial charge >= 0.3 is 0 Å². The van der Waals surface area contributed by atoms with Crippen LogP contribution in [-0.2, 0) is 4.79 Å². The molecule has 0 radical (unpaired) electrons. The lowest BCUT2D eigenvalue weighted by Gasteiger charge is -2.14. The molecule has 0 saturated carbocycles. The molecule has 1 aromatic heterocycles. The number of nitrogens with one attached hydrogen (secondary N) is 3. The van der Waals surface area contributed by atoms with Gasteiger partial charge < -0.3 is 20.9 Å². The van der Waals surface area contributed by atoms with Gasteiger partial charge in [0.2, 0.25) is 11.9 Å². The number of nitrogens with zero attached hydrogens (tertiary/aromatic N) is 3. The number of hydrogen-bond donors (Lipinski definition) is 3. The molecular formula is C21H24N6O. The van der Waals surface area contributed by atoms with Gasteiger partial charge in [0.15, 0.2) is 0 Å². The topological polar surface area (TPSA) is 82.2 Å². The van der Waals surface area contributed by atoms with Crippen LogP contribution >= 0.6 is 0 Å².